The van der Waals surface area contributed by atoms with E-state index in [0.717, 1.165) is 0 Å². The second-order valence-corrected chi connectivity index (χ2v) is 18.8. The molecule has 0 aromatic rings. The first-order valence-electron chi connectivity index (χ1n) is 21.8. The average Bonchev–Trinajstić information content (AvgIpc) is 3.18. The summed E-state index contributed by atoms with van der Waals surface area (Å²) in [5.74, 6) is -4.92. The molecule has 0 bridgehead atoms. The summed E-state index contributed by atoms with van der Waals surface area (Å²) in [5.41, 5.74) is -4.24. The van der Waals surface area contributed by atoms with Crippen molar-refractivity contribution < 1.29 is 67.6 Å². The van der Waals surface area contributed by atoms with Crippen LogP contribution in [-0.2, 0) is 52.3 Å². The molecule has 0 aromatic heterocycles. The number of Topliss-reactive ketones (excluding diaryl/α,β-unsaturated/α-hetero) is 1. The molecule has 0 aliphatic carbocycles. The van der Waals surface area contributed by atoms with Crippen molar-refractivity contribution >= 4 is 17.7 Å². The van der Waals surface area contributed by atoms with Crippen LogP contribution in [0.1, 0.15) is 108 Å². The smallest absolute Gasteiger partial charge is 0.311 e. The number of methoxy groups -OCH3 is 2. The predicted molar refractivity (Wildman–Crippen MR) is 223 cm³/mol. The lowest BCUT2D eigenvalue weighted by atomic mass is 9.73. The number of nitrogens with zero attached hydrogens (tertiary/aromatic N) is 2. The number of ether oxygens (including phenoxy) is 8. The van der Waals surface area contributed by atoms with Gasteiger partial charge in [-0.1, -0.05) is 27.7 Å². The fraction of sp³-hybridized carbons (Fsp3) is 0.932. The average molecular weight is 861 g/mol. The van der Waals surface area contributed by atoms with E-state index in [2.05, 4.69) is 9.80 Å². The van der Waals surface area contributed by atoms with E-state index in [4.69, 9.17) is 37.9 Å². The number of esters is 2. The fourth-order valence-electron chi connectivity index (χ4n) is 9.97. The van der Waals surface area contributed by atoms with Gasteiger partial charge in [0.05, 0.1) is 48.1 Å². The molecule has 3 saturated heterocycles. The minimum Gasteiger partial charge on any atom is -0.459 e. The van der Waals surface area contributed by atoms with Crippen molar-refractivity contribution in [3.8, 4) is 0 Å². The SMILES string of the molecule is CC[C@H]1OC(=O)[C@H](C)[C@@H](O[C@H]2C[C@@](C)(OC)[C@@H](OC(C)=O)[C@H](C)O2)[C@H](C)[C@@H](O[C@@H]2O[C@H](C)C[C@@H](N(C)CCCO)[C@@H]2N(C)C)[C@@](C)(OC)C[C@@H](C)C(=O)[C@H](C)[C@@H](O)[C@]1(C)O. The van der Waals surface area contributed by atoms with Gasteiger partial charge in [0.2, 0.25) is 0 Å². The highest BCUT2D eigenvalue weighted by molar-refractivity contribution is 5.83. The van der Waals surface area contributed by atoms with Crippen molar-refractivity contribution in [3.05, 3.63) is 0 Å². The van der Waals surface area contributed by atoms with Gasteiger partial charge in [-0.25, -0.2) is 0 Å². The van der Waals surface area contributed by atoms with Crippen molar-refractivity contribution in [1.82, 2.24) is 9.80 Å². The molecule has 3 fully saturated rings. The summed E-state index contributed by atoms with van der Waals surface area (Å²) in [7, 11) is 9.04. The number of cyclic esters (lactones) is 1. The van der Waals surface area contributed by atoms with Crippen LogP contribution >= 0.6 is 0 Å². The Morgan fingerprint density at radius 3 is 2.03 bits per heavy atom. The predicted octanol–water partition coefficient (Wildman–Crippen LogP) is 3.33. The molecule has 0 radical (unpaired) electrons. The number of likely N-dealkylation sites (N-methyl/N-ethyl adjacent to an activating group) is 2. The van der Waals surface area contributed by atoms with Crippen LogP contribution in [0.15, 0.2) is 0 Å². The lowest BCUT2D eigenvalue weighted by molar-refractivity contribution is -0.315. The van der Waals surface area contributed by atoms with Gasteiger partial charge in [0.1, 0.15) is 23.1 Å². The minimum absolute atomic E-state index is 0.0283. The zero-order valence-corrected chi connectivity index (χ0v) is 39.3. The Morgan fingerprint density at radius 1 is 0.900 bits per heavy atom. The van der Waals surface area contributed by atoms with Crippen molar-refractivity contribution in [2.24, 2.45) is 23.7 Å². The van der Waals surface area contributed by atoms with Gasteiger partial charge in [0.15, 0.2) is 18.7 Å². The number of aliphatic hydroxyl groups is 3. The Labute approximate surface area is 359 Å². The summed E-state index contributed by atoms with van der Waals surface area (Å²) >= 11 is 0. The molecule has 3 rings (SSSR count). The Bertz CT molecular complexity index is 1400. The van der Waals surface area contributed by atoms with Crippen molar-refractivity contribution in [2.45, 2.75) is 192 Å². The molecule has 0 saturated carbocycles. The zero-order chi connectivity index (χ0) is 45.7. The van der Waals surface area contributed by atoms with Crippen LogP contribution in [0.3, 0.4) is 0 Å². The third kappa shape index (κ3) is 11.8. The monoisotopic (exact) mass is 861 g/mol. The van der Waals surface area contributed by atoms with Gasteiger partial charge in [-0.05, 0) is 88.4 Å². The van der Waals surface area contributed by atoms with Crippen LogP contribution in [0.4, 0.5) is 0 Å². The van der Waals surface area contributed by atoms with Gasteiger partial charge in [0.25, 0.3) is 0 Å². The molecule has 350 valence electrons. The van der Waals surface area contributed by atoms with Crippen LogP contribution in [0.2, 0.25) is 0 Å². The summed E-state index contributed by atoms with van der Waals surface area (Å²) in [6.07, 6.45) is -6.38. The van der Waals surface area contributed by atoms with Gasteiger partial charge in [-0.15, -0.1) is 0 Å². The van der Waals surface area contributed by atoms with Crippen molar-refractivity contribution in [3.63, 3.8) is 0 Å². The first kappa shape index (κ1) is 52.5. The second-order valence-electron chi connectivity index (χ2n) is 18.8. The number of carbonyl (C=O) groups excluding carboxylic acids is 3. The highest BCUT2D eigenvalue weighted by atomic mass is 16.7. The van der Waals surface area contributed by atoms with Crippen LogP contribution in [0.25, 0.3) is 0 Å². The number of carbonyl (C=O) groups is 3. The van der Waals surface area contributed by atoms with E-state index in [9.17, 15) is 29.7 Å². The summed E-state index contributed by atoms with van der Waals surface area (Å²) < 4.78 is 51.4. The maximum Gasteiger partial charge on any atom is 0.311 e. The van der Waals surface area contributed by atoms with Crippen LogP contribution in [0, 0.1) is 23.7 Å². The second kappa shape index (κ2) is 21.7. The topological polar surface area (TPSA) is 192 Å². The fourth-order valence-corrected chi connectivity index (χ4v) is 9.97. The highest BCUT2D eigenvalue weighted by Crippen LogP contribution is 2.42. The molecule has 60 heavy (non-hydrogen) atoms. The Kier molecular flexibility index (Phi) is 19.0. The van der Waals surface area contributed by atoms with Crippen LogP contribution in [0.5, 0.6) is 0 Å². The molecule has 18 atom stereocenters. The zero-order valence-electron chi connectivity index (χ0n) is 39.3. The number of hydrogen-bond acceptors (Lipinski definition) is 16. The summed E-state index contributed by atoms with van der Waals surface area (Å²) in [6.45, 7) is 19.5. The summed E-state index contributed by atoms with van der Waals surface area (Å²) in [4.78, 5) is 45.1. The Balaban J connectivity index is 2.27. The van der Waals surface area contributed by atoms with Crippen molar-refractivity contribution in [2.75, 3.05) is 48.5 Å². The van der Waals surface area contributed by atoms with E-state index in [1.165, 1.54) is 21.0 Å². The molecular weight excluding hydrogens is 780 g/mol. The first-order valence-corrected chi connectivity index (χ1v) is 21.8. The molecule has 16 heteroatoms. The van der Waals surface area contributed by atoms with Gasteiger partial charge < -0.3 is 63.0 Å². The molecule has 16 nitrogen and oxygen atoms in total. The standard InChI is InChI=1S/C44H80N2O14/c1-17-32-44(11,52)37(50)26(4)35(49)24(2)22-42(9,53-15)38(60-41-34(45(12)13)31(21-25(3)55-41)46(14)19-18-20-47)27(5)36(28(6)40(51)58-32)59-33-23-43(10,54-16)39(29(7)56-33)57-30(8)48/h24-29,31-34,36-39,41,47,50,52H,17-23H2,1-16H3/t24-,25-,26+,27+,28-,29+,31-,32-,33+,34+,36+,37-,38-,39+,41+,42+,43-,44-/m1/s1. The largest absolute Gasteiger partial charge is 0.459 e. The van der Waals surface area contributed by atoms with Crippen LogP contribution in [-0.4, -0.2) is 176 Å². The van der Waals surface area contributed by atoms with Crippen LogP contribution < -0.4 is 0 Å². The normalized spacial score (nSPS) is 44.0. The molecule has 0 aromatic carbocycles. The molecular formula is C44H80N2O14. The molecule has 0 amide bonds. The number of hydrogen-bond donors (Lipinski definition) is 3. The molecule has 0 spiro atoms. The van der Waals surface area contributed by atoms with Crippen molar-refractivity contribution in [1.29, 1.82) is 0 Å². The van der Waals surface area contributed by atoms with E-state index < -0.39 is 102 Å². The lowest BCUT2D eigenvalue weighted by Gasteiger charge is -2.52. The third-order valence-electron chi connectivity index (χ3n) is 13.7. The molecule has 3 aliphatic heterocycles. The molecule has 0 unspecified atom stereocenters. The molecule has 3 heterocycles. The minimum atomic E-state index is -1.98. The summed E-state index contributed by atoms with van der Waals surface area (Å²) in [5, 5.41) is 33.0. The van der Waals surface area contributed by atoms with Gasteiger partial charge >= 0.3 is 11.9 Å². The highest BCUT2D eigenvalue weighted by Gasteiger charge is 2.55. The van der Waals surface area contributed by atoms with E-state index in [1.54, 1.807) is 41.7 Å². The van der Waals surface area contributed by atoms with E-state index >= 15 is 0 Å². The first-order chi connectivity index (χ1) is 27.8. The molecule has 3 aliphatic rings. The maximum atomic E-state index is 14.5. The van der Waals surface area contributed by atoms with E-state index in [0.29, 0.717) is 19.4 Å². The number of aliphatic hydroxyl groups excluding tert-OH is 2. The number of rotatable bonds is 13. The quantitative estimate of drug-likeness (QED) is 0.228. The van der Waals surface area contributed by atoms with Gasteiger partial charge in [-0.3, -0.25) is 14.4 Å². The van der Waals surface area contributed by atoms with E-state index in [1.807, 2.05) is 48.8 Å². The van der Waals surface area contributed by atoms with E-state index in [-0.39, 0.29) is 49.8 Å². The lowest BCUT2D eigenvalue weighted by Crippen LogP contribution is -2.64. The Morgan fingerprint density at radius 2 is 1.50 bits per heavy atom. The third-order valence-corrected chi connectivity index (χ3v) is 13.7. The summed E-state index contributed by atoms with van der Waals surface area (Å²) in [6, 6.07) is -0.322. The number of ketones is 1. The maximum absolute atomic E-state index is 14.5. The van der Waals surface area contributed by atoms with Gasteiger partial charge in [0, 0.05) is 64.5 Å². The molecule has 3 N–H and O–H groups in total. The van der Waals surface area contributed by atoms with Gasteiger partial charge in [-0.2, -0.15) is 0 Å². The Hall–Kier alpha value is -1.83.